The summed E-state index contributed by atoms with van der Waals surface area (Å²) in [5, 5.41) is 59.9. The molecule has 32 heavy (non-hydrogen) atoms. The van der Waals surface area contributed by atoms with Gasteiger partial charge >= 0.3 is 5.97 Å². The quantitative estimate of drug-likeness (QED) is 0.274. The molecule has 1 aliphatic rings. The van der Waals surface area contributed by atoms with Crippen LogP contribution in [-0.2, 0) is 14.3 Å². The summed E-state index contributed by atoms with van der Waals surface area (Å²) < 4.78 is 16.0. The number of esters is 1. The summed E-state index contributed by atoms with van der Waals surface area (Å²) in [5.41, 5.74) is 0.908. The lowest BCUT2D eigenvalue weighted by atomic mass is 9.99. The van der Waals surface area contributed by atoms with Crippen molar-refractivity contribution in [2.24, 2.45) is 0 Å². The predicted octanol–water partition coefficient (Wildman–Crippen LogP) is 0.723. The number of hydrogen-bond donors (Lipinski definition) is 6. The highest BCUT2D eigenvalue weighted by Crippen LogP contribution is 2.38. The zero-order valence-corrected chi connectivity index (χ0v) is 17.0. The third kappa shape index (κ3) is 5.29. The van der Waals surface area contributed by atoms with Crippen molar-refractivity contribution in [2.75, 3.05) is 6.61 Å². The van der Waals surface area contributed by atoms with Crippen LogP contribution >= 0.6 is 0 Å². The molecule has 2 aromatic carbocycles. The Morgan fingerprint density at radius 2 is 1.72 bits per heavy atom. The van der Waals surface area contributed by atoms with E-state index in [4.69, 9.17) is 14.2 Å². The van der Waals surface area contributed by atoms with Gasteiger partial charge in [0.1, 0.15) is 23.7 Å². The van der Waals surface area contributed by atoms with Crippen LogP contribution in [0.15, 0.2) is 36.4 Å². The van der Waals surface area contributed by atoms with Crippen LogP contribution in [0.1, 0.15) is 18.1 Å². The fraction of sp³-hybridized carbons (Fsp3) is 0.318. The van der Waals surface area contributed by atoms with Gasteiger partial charge in [0.2, 0.25) is 6.29 Å². The molecule has 0 radical (unpaired) electrons. The minimum atomic E-state index is -1.65. The number of aliphatic hydroxyl groups is 3. The van der Waals surface area contributed by atoms with Crippen molar-refractivity contribution in [3.63, 3.8) is 0 Å². The highest BCUT2D eigenvalue weighted by molar-refractivity contribution is 5.75. The van der Waals surface area contributed by atoms with Gasteiger partial charge in [-0.05, 0) is 23.8 Å². The van der Waals surface area contributed by atoms with E-state index in [9.17, 15) is 35.4 Å². The summed E-state index contributed by atoms with van der Waals surface area (Å²) in [7, 11) is 0. The molecule has 2 aromatic rings. The van der Waals surface area contributed by atoms with E-state index in [0.717, 1.165) is 13.0 Å². The first-order chi connectivity index (χ1) is 15.2. The van der Waals surface area contributed by atoms with Gasteiger partial charge in [-0.3, -0.25) is 4.79 Å². The molecule has 0 bridgehead atoms. The van der Waals surface area contributed by atoms with Crippen LogP contribution in [0.2, 0.25) is 0 Å². The molecular formula is C22H24O10. The topological polar surface area (TPSA) is 166 Å². The zero-order valence-electron chi connectivity index (χ0n) is 17.0. The van der Waals surface area contributed by atoms with Crippen LogP contribution in [0, 0.1) is 0 Å². The SMILES string of the molecule is CC(=O)O[C@@H]1[C@@H](O)[C@H](Oc2c(O)cc(O)cc2/C=C/c2ccc(O)cc2)O[C@H](CO)[C@H]1O. The molecule has 1 aliphatic heterocycles. The maximum absolute atomic E-state index is 11.4. The second-order valence-electron chi connectivity index (χ2n) is 7.21. The van der Waals surface area contributed by atoms with E-state index in [2.05, 4.69) is 0 Å². The Hall–Kier alpha value is -3.31. The van der Waals surface area contributed by atoms with Crippen LogP contribution < -0.4 is 4.74 Å². The molecule has 6 N–H and O–H groups in total. The fourth-order valence-corrected chi connectivity index (χ4v) is 3.24. The molecule has 0 unspecified atom stereocenters. The number of phenols is 3. The number of carbonyl (C=O) groups excluding carboxylic acids is 1. The van der Waals surface area contributed by atoms with Crippen LogP contribution in [0.3, 0.4) is 0 Å². The highest BCUT2D eigenvalue weighted by atomic mass is 16.7. The number of ether oxygens (including phenoxy) is 3. The molecule has 1 heterocycles. The molecule has 172 valence electrons. The van der Waals surface area contributed by atoms with Gasteiger partial charge in [0, 0.05) is 18.6 Å². The van der Waals surface area contributed by atoms with Crippen molar-refractivity contribution in [1.82, 2.24) is 0 Å². The third-order valence-corrected chi connectivity index (χ3v) is 4.79. The zero-order chi connectivity index (χ0) is 23.4. The summed E-state index contributed by atoms with van der Waals surface area (Å²) in [6.07, 6.45) is -4.24. The molecule has 1 saturated heterocycles. The number of carbonyl (C=O) groups is 1. The third-order valence-electron chi connectivity index (χ3n) is 4.79. The van der Waals surface area contributed by atoms with E-state index in [1.165, 1.54) is 24.3 Å². The lowest BCUT2D eigenvalue weighted by Gasteiger charge is -2.41. The molecule has 10 heteroatoms. The van der Waals surface area contributed by atoms with Crippen molar-refractivity contribution < 1.29 is 49.6 Å². The minimum Gasteiger partial charge on any atom is -0.508 e. The average molecular weight is 448 g/mol. The Morgan fingerprint density at radius 1 is 1.03 bits per heavy atom. The molecule has 0 aromatic heterocycles. The lowest BCUT2D eigenvalue weighted by molar-refractivity contribution is -0.281. The number of aliphatic hydroxyl groups excluding tert-OH is 3. The monoisotopic (exact) mass is 448 g/mol. The summed E-state index contributed by atoms with van der Waals surface area (Å²) in [4.78, 5) is 11.4. The number of hydrogen-bond acceptors (Lipinski definition) is 10. The Morgan fingerprint density at radius 3 is 2.34 bits per heavy atom. The van der Waals surface area contributed by atoms with Gasteiger partial charge < -0.3 is 44.8 Å². The van der Waals surface area contributed by atoms with Crippen LogP contribution in [0.25, 0.3) is 12.2 Å². The van der Waals surface area contributed by atoms with Crippen LogP contribution in [0.5, 0.6) is 23.0 Å². The maximum atomic E-state index is 11.4. The number of rotatable bonds is 6. The van der Waals surface area contributed by atoms with Crippen molar-refractivity contribution in [1.29, 1.82) is 0 Å². The Kier molecular flexibility index (Phi) is 7.21. The normalized spacial score (nSPS) is 25.6. The summed E-state index contributed by atoms with van der Waals surface area (Å²) >= 11 is 0. The van der Waals surface area contributed by atoms with E-state index < -0.39 is 49.0 Å². The second-order valence-corrected chi connectivity index (χ2v) is 7.21. The van der Waals surface area contributed by atoms with E-state index in [-0.39, 0.29) is 22.8 Å². The van der Waals surface area contributed by atoms with Gasteiger partial charge in [-0.1, -0.05) is 24.3 Å². The largest absolute Gasteiger partial charge is 0.508 e. The molecular weight excluding hydrogens is 424 g/mol. The second kappa shape index (κ2) is 9.88. The first-order valence-electron chi connectivity index (χ1n) is 9.69. The van der Waals surface area contributed by atoms with E-state index in [1.54, 1.807) is 18.2 Å². The first kappa shape index (κ1) is 23.4. The van der Waals surface area contributed by atoms with E-state index in [0.29, 0.717) is 5.56 Å². The number of phenolic OH excluding ortho intramolecular Hbond substituents is 3. The molecule has 1 fully saturated rings. The van der Waals surface area contributed by atoms with Gasteiger partial charge in [0.25, 0.3) is 0 Å². The van der Waals surface area contributed by atoms with Crippen molar-refractivity contribution >= 4 is 18.1 Å². The summed E-state index contributed by atoms with van der Waals surface area (Å²) in [5.74, 6) is -1.58. The van der Waals surface area contributed by atoms with E-state index in [1.807, 2.05) is 0 Å². The van der Waals surface area contributed by atoms with Gasteiger partial charge in [-0.25, -0.2) is 0 Å². The molecule has 5 atom stereocenters. The Bertz CT molecular complexity index is 971. The molecule has 0 spiro atoms. The van der Waals surface area contributed by atoms with Crippen molar-refractivity contribution in [3.8, 4) is 23.0 Å². The number of benzene rings is 2. The van der Waals surface area contributed by atoms with Crippen LogP contribution in [-0.4, -0.2) is 73.9 Å². The van der Waals surface area contributed by atoms with Gasteiger partial charge in [0.15, 0.2) is 23.7 Å². The maximum Gasteiger partial charge on any atom is 0.303 e. The average Bonchev–Trinajstić information content (AvgIpc) is 2.74. The summed E-state index contributed by atoms with van der Waals surface area (Å²) in [6, 6.07) is 8.56. The summed E-state index contributed by atoms with van der Waals surface area (Å²) in [6.45, 7) is 0.442. The lowest BCUT2D eigenvalue weighted by Crippen LogP contribution is -2.61. The van der Waals surface area contributed by atoms with Gasteiger partial charge in [-0.2, -0.15) is 0 Å². The molecule has 10 nitrogen and oxygen atoms in total. The van der Waals surface area contributed by atoms with Gasteiger partial charge in [0.05, 0.1) is 6.61 Å². The van der Waals surface area contributed by atoms with Gasteiger partial charge in [-0.15, -0.1) is 0 Å². The number of aromatic hydroxyl groups is 3. The minimum absolute atomic E-state index is 0.0903. The smallest absolute Gasteiger partial charge is 0.303 e. The van der Waals surface area contributed by atoms with E-state index >= 15 is 0 Å². The Balaban J connectivity index is 1.91. The van der Waals surface area contributed by atoms with Crippen LogP contribution in [0.4, 0.5) is 0 Å². The van der Waals surface area contributed by atoms with Crippen molar-refractivity contribution in [3.05, 3.63) is 47.5 Å². The van der Waals surface area contributed by atoms with Crippen molar-refractivity contribution in [2.45, 2.75) is 37.6 Å². The Labute approximate surface area is 183 Å². The molecule has 0 aliphatic carbocycles. The first-order valence-corrected chi connectivity index (χ1v) is 9.69. The highest BCUT2D eigenvalue weighted by Gasteiger charge is 2.48. The standard InChI is InChI=1S/C22H24O10/c1-11(24)30-21-18(28)17(10-23)31-22(19(21)29)32-20-13(8-15(26)9-16(20)27)5-2-12-3-6-14(25)7-4-12/h2-9,17-19,21-23,25-29H,10H2,1H3/b5-2+/t17-,18-,19-,21+,22+/m1/s1. The molecule has 0 amide bonds. The molecule has 0 saturated carbocycles. The fourth-order valence-electron chi connectivity index (χ4n) is 3.24. The predicted molar refractivity (Wildman–Crippen MR) is 111 cm³/mol. The molecule has 3 rings (SSSR count).